The van der Waals surface area contributed by atoms with E-state index < -0.39 is 0 Å². The number of carbonyl (C=O) groups is 2. The Labute approximate surface area is 205 Å². The number of hydrogen-bond donors (Lipinski definition) is 2. The molecule has 0 aliphatic heterocycles. The summed E-state index contributed by atoms with van der Waals surface area (Å²) in [4.78, 5) is 25.1. The van der Waals surface area contributed by atoms with Gasteiger partial charge in [0, 0.05) is 21.4 Å². The summed E-state index contributed by atoms with van der Waals surface area (Å²) in [6.07, 6.45) is 0. The van der Waals surface area contributed by atoms with E-state index in [4.69, 9.17) is 0 Å². The van der Waals surface area contributed by atoms with Gasteiger partial charge in [0.15, 0.2) is 11.0 Å². The predicted octanol–water partition coefficient (Wildman–Crippen LogP) is 4.76. The van der Waals surface area contributed by atoms with Gasteiger partial charge in [-0.1, -0.05) is 43.8 Å². The Morgan fingerprint density at radius 2 is 1.75 bits per heavy atom. The van der Waals surface area contributed by atoms with Crippen LogP contribution in [0.5, 0.6) is 0 Å². The van der Waals surface area contributed by atoms with E-state index in [0.717, 1.165) is 9.26 Å². The molecule has 2 N–H and O–H groups in total. The van der Waals surface area contributed by atoms with E-state index in [1.807, 2.05) is 67.8 Å². The molecule has 0 aliphatic carbocycles. The third kappa shape index (κ3) is 6.32. The summed E-state index contributed by atoms with van der Waals surface area (Å²) >= 11 is 3.55. The molecular weight excluding hydrogens is 537 g/mol. The predicted molar refractivity (Wildman–Crippen MR) is 136 cm³/mol. The van der Waals surface area contributed by atoms with Crippen molar-refractivity contribution in [2.24, 2.45) is 5.92 Å². The van der Waals surface area contributed by atoms with Gasteiger partial charge in [0.05, 0.1) is 11.8 Å². The number of benzene rings is 2. The van der Waals surface area contributed by atoms with Crippen LogP contribution in [0.15, 0.2) is 59.8 Å². The van der Waals surface area contributed by atoms with Crippen molar-refractivity contribution < 1.29 is 9.59 Å². The van der Waals surface area contributed by atoms with Crippen LogP contribution in [-0.2, 0) is 11.3 Å². The molecule has 0 aliphatic rings. The SMILES string of the molecule is CCn1c(SCC(=O)Nc2ccc(I)cc2)nnc1[C@@H](NC(=O)c1ccccc1)C(C)C. The fourth-order valence-corrected chi connectivity index (χ4v) is 4.31. The van der Waals surface area contributed by atoms with Crippen molar-refractivity contribution in [3.05, 3.63) is 69.6 Å². The second-order valence-electron chi connectivity index (χ2n) is 7.49. The molecule has 7 nitrogen and oxygen atoms in total. The Morgan fingerprint density at radius 1 is 1.06 bits per heavy atom. The lowest BCUT2D eigenvalue weighted by Gasteiger charge is -2.22. The minimum absolute atomic E-state index is 0.110. The molecule has 168 valence electrons. The molecule has 0 unspecified atom stereocenters. The minimum Gasteiger partial charge on any atom is -0.342 e. The first-order valence-corrected chi connectivity index (χ1v) is 12.4. The zero-order valence-electron chi connectivity index (χ0n) is 18.2. The highest BCUT2D eigenvalue weighted by molar-refractivity contribution is 14.1. The van der Waals surface area contributed by atoms with Crippen molar-refractivity contribution in [2.45, 2.75) is 38.5 Å². The number of amides is 2. The van der Waals surface area contributed by atoms with Gasteiger partial charge >= 0.3 is 0 Å². The first-order chi connectivity index (χ1) is 15.4. The first-order valence-electron chi connectivity index (χ1n) is 10.4. The molecule has 3 aromatic rings. The molecule has 32 heavy (non-hydrogen) atoms. The largest absolute Gasteiger partial charge is 0.342 e. The standard InChI is InChI=1S/C23H26IN5O2S/c1-4-29-21(20(15(2)3)26-22(31)16-8-6-5-7-9-16)27-28-23(29)32-14-19(30)25-18-12-10-17(24)11-13-18/h5-13,15,20H,4,14H2,1-3H3,(H,25,30)(H,26,31)/t20-/m0/s1. The topological polar surface area (TPSA) is 88.9 Å². The number of thioether (sulfide) groups is 1. The van der Waals surface area contributed by atoms with Crippen LogP contribution < -0.4 is 10.6 Å². The molecule has 9 heteroatoms. The summed E-state index contributed by atoms with van der Waals surface area (Å²) in [5.41, 5.74) is 1.36. The summed E-state index contributed by atoms with van der Waals surface area (Å²) in [6, 6.07) is 16.5. The van der Waals surface area contributed by atoms with Crippen LogP contribution in [0.25, 0.3) is 0 Å². The van der Waals surface area contributed by atoms with Crippen LogP contribution >= 0.6 is 34.4 Å². The molecule has 1 heterocycles. The molecule has 2 aromatic carbocycles. The molecule has 3 rings (SSSR count). The van der Waals surface area contributed by atoms with Crippen LogP contribution in [0, 0.1) is 9.49 Å². The van der Waals surface area contributed by atoms with E-state index in [9.17, 15) is 9.59 Å². The van der Waals surface area contributed by atoms with E-state index in [1.165, 1.54) is 11.8 Å². The molecule has 2 amide bonds. The van der Waals surface area contributed by atoms with Crippen molar-refractivity contribution in [1.29, 1.82) is 0 Å². The van der Waals surface area contributed by atoms with Crippen LogP contribution in [0.1, 0.15) is 43.0 Å². The van der Waals surface area contributed by atoms with E-state index in [-0.39, 0.29) is 29.5 Å². The molecule has 0 saturated heterocycles. The molecule has 0 saturated carbocycles. The highest BCUT2D eigenvalue weighted by atomic mass is 127. The summed E-state index contributed by atoms with van der Waals surface area (Å²) in [6.45, 7) is 6.70. The maximum Gasteiger partial charge on any atom is 0.251 e. The fourth-order valence-electron chi connectivity index (χ4n) is 3.14. The quantitative estimate of drug-likeness (QED) is 0.290. The summed E-state index contributed by atoms with van der Waals surface area (Å²) in [5.74, 6) is 0.751. The van der Waals surface area contributed by atoms with Crippen molar-refractivity contribution >= 4 is 51.9 Å². The highest BCUT2D eigenvalue weighted by Crippen LogP contribution is 2.25. The average Bonchev–Trinajstić information content (AvgIpc) is 3.20. The van der Waals surface area contributed by atoms with Gasteiger partial charge in [-0.15, -0.1) is 10.2 Å². The number of nitrogens with one attached hydrogen (secondary N) is 2. The van der Waals surface area contributed by atoms with Gasteiger partial charge in [-0.25, -0.2) is 0 Å². The molecule has 0 bridgehead atoms. The molecule has 1 aromatic heterocycles. The van der Waals surface area contributed by atoms with Crippen molar-refractivity contribution in [3.8, 4) is 0 Å². The number of aromatic nitrogens is 3. The normalized spacial score (nSPS) is 11.9. The van der Waals surface area contributed by atoms with Gasteiger partial charge in [0.1, 0.15) is 0 Å². The second kappa shape index (κ2) is 11.5. The van der Waals surface area contributed by atoms with Crippen LogP contribution in [-0.4, -0.2) is 32.3 Å². The average molecular weight is 563 g/mol. The van der Waals surface area contributed by atoms with E-state index in [0.29, 0.717) is 23.1 Å². The number of hydrogen-bond acceptors (Lipinski definition) is 5. The monoisotopic (exact) mass is 563 g/mol. The number of anilines is 1. The smallest absolute Gasteiger partial charge is 0.251 e. The maximum absolute atomic E-state index is 12.7. The van der Waals surface area contributed by atoms with Gasteiger partial charge in [0.2, 0.25) is 5.91 Å². The van der Waals surface area contributed by atoms with Gasteiger partial charge < -0.3 is 15.2 Å². The molecule has 0 fully saturated rings. The van der Waals surface area contributed by atoms with Crippen LogP contribution in [0.3, 0.4) is 0 Å². The Kier molecular flexibility index (Phi) is 8.68. The van der Waals surface area contributed by atoms with Gasteiger partial charge in [0.25, 0.3) is 5.91 Å². The molecular formula is C23H26IN5O2S. The zero-order chi connectivity index (χ0) is 23.1. The van der Waals surface area contributed by atoms with Gasteiger partial charge in [-0.2, -0.15) is 0 Å². The Balaban J connectivity index is 1.69. The van der Waals surface area contributed by atoms with Crippen LogP contribution in [0.4, 0.5) is 5.69 Å². The van der Waals surface area contributed by atoms with Crippen molar-refractivity contribution in [1.82, 2.24) is 20.1 Å². The summed E-state index contributed by atoms with van der Waals surface area (Å²) in [5, 5.41) is 15.3. The lowest BCUT2D eigenvalue weighted by Crippen LogP contribution is -2.33. The zero-order valence-corrected chi connectivity index (χ0v) is 21.2. The Morgan fingerprint density at radius 3 is 2.38 bits per heavy atom. The van der Waals surface area contributed by atoms with Gasteiger partial charge in [-0.3, -0.25) is 9.59 Å². The van der Waals surface area contributed by atoms with Crippen molar-refractivity contribution in [3.63, 3.8) is 0 Å². The van der Waals surface area contributed by atoms with Gasteiger partial charge in [-0.05, 0) is 71.8 Å². The first kappa shape index (κ1) is 24.2. The lowest BCUT2D eigenvalue weighted by molar-refractivity contribution is -0.113. The van der Waals surface area contributed by atoms with E-state index in [1.54, 1.807) is 12.1 Å². The summed E-state index contributed by atoms with van der Waals surface area (Å²) < 4.78 is 3.07. The van der Waals surface area contributed by atoms with Crippen LogP contribution in [0.2, 0.25) is 0 Å². The van der Waals surface area contributed by atoms with E-state index >= 15 is 0 Å². The van der Waals surface area contributed by atoms with Crippen molar-refractivity contribution in [2.75, 3.05) is 11.1 Å². The third-order valence-corrected chi connectivity index (χ3v) is 6.48. The Hall–Kier alpha value is -2.40. The minimum atomic E-state index is -0.301. The fraction of sp³-hybridized carbons (Fsp3) is 0.304. The Bertz CT molecular complexity index is 1050. The maximum atomic E-state index is 12.7. The third-order valence-electron chi connectivity index (χ3n) is 4.79. The summed E-state index contributed by atoms with van der Waals surface area (Å²) in [7, 11) is 0. The lowest BCUT2D eigenvalue weighted by atomic mass is 10.0. The molecule has 1 atom stereocenters. The number of rotatable bonds is 9. The molecule has 0 radical (unpaired) electrons. The number of nitrogens with zero attached hydrogens (tertiary/aromatic N) is 3. The second-order valence-corrected chi connectivity index (χ2v) is 9.68. The number of carbonyl (C=O) groups excluding carboxylic acids is 2. The molecule has 0 spiro atoms. The van der Waals surface area contributed by atoms with E-state index in [2.05, 4.69) is 43.4 Å². The number of halogens is 1. The highest BCUT2D eigenvalue weighted by Gasteiger charge is 2.26.